The number of aromatic nitrogens is 2. The SMILES string of the molecule is Cc1nccc(C(=O)NCC2(c3ccccc3)CC2)n1. The number of aryl methyl sites for hydroxylation is 1. The number of hydrogen-bond donors (Lipinski definition) is 1. The highest BCUT2D eigenvalue weighted by molar-refractivity contribution is 5.92. The van der Waals surface area contributed by atoms with Crippen molar-refractivity contribution in [2.75, 3.05) is 6.54 Å². The summed E-state index contributed by atoms with van der Waals surface area (Å²) >= 11 is 0. The Morgan fingerprint density at radius 3 is 2.65 bits per heavy atom. The molecule has 1 aromatic carbocycles. The maximum atomic E-state index is 12.1. The first kappa shape index (κ1) is 12.8. The molecule has 1 amide bonds. The van der Waals surface area contributed by atoms with Crippen molar-refractivity contribution in [3.05, 3.63) is 59.7 Å². The van der Waals surface area contributed by atoms with Gasteiger partial charge in [-0.25, -0.2) is 9.97 Å². The fourth-order valence-electron chi connectivity index (χ4n) is 2.43. The molecule has 1 saturated carbocycles. The summed E-state index contributed by atoms with van der Waals surface area (Å²) in [4.78, 5) is 20.2. The summed E-state index contributed by atoms with van der Waals surface area (Å²) in [5.74, 6) is 0.486. The van der Waals surface area contributed by atoms with Gasteiger partial charge in [-0.2, -0.15) is 0 Å². The predicted octanol–water partition coefficient (Wildman–Crippen LogP) is 2.25. The van der Waals surface area contributed by atoms with Gasteiger partial charge >= 0.3 is 0 Å². The molecule has 20 heavy (non-hydrogen) atoms. The molecule has 3 rings (SSSR count). The van der Waals surface area contributed by atoms with Gasteiger partial charge in [-0.15, -0.1) is 0 Å². The highest BCUT2D eigenvalue weighted by Crippen LogP contribution is 2.47. The topological polar surface area (TPSA) is 54.9 Å². The largest absolute Gasteiger partial charge is 0.350 e. The Labute approximate surface area is 118 Å². The Bertz CT molecular complexity index is 621. The Kier molecular flexibility index (Phi) is 3.22. The molecule has 1 N–H and O–H groups in total. The number of nitrogens with zero attached hydrogens (tertiary/aromatic N) is 2. The van der Waals surface area contributed by atoms with E-state index < -0.39 is 0 Å². The van der Waals surface area contributed by atoms with Crippen molar-refractivity contribution in [1.82, 2.24) is 15.3 Å². The number of nitrogens with one attached hydrogen (secondary N) is 1. The van der Waals surface area contributed by atoms with E-state index in [1.165, 1.54) is 5.56 Å². The molecule has 0 aliphatic heterocycles. The van der Waals surface area contributed by atoms with Gasteiger partial charge < -0.3 is 5.32 Å². The number of benzene rings is 1. The van der Waals surface area contributed by atoms with Gasteiger partial charge in [0.1, 0.15) is 11.5 Å². The van der Waals surface area contributed by atoms with Crippen molar-refractivity contribution in [3.8, 4) is 0 Å². The molecule has 1 aromatic heterocycles. The van der Waals surface area contributed by atoms with E-state index in [0.717, 1.165) is 12.8 Å². The van der Waals surface area contributed by atoms with Gasteiger partial charge in [0.15, 0.2) is 0 Å². The molecule has 0 spiro atoms. The van der Waals surface area contributed by atoms with Crippen LogP contribution in [0.1, 0.15) is 34.7 Å². The van der Waals surface area contributed by atoms with E-state index in [2.05, 4.69) is 27.4 Å². The minimum atomic E-state index is -0.127. The van der Waals surface area contributed by atoms with Gasteiger partial charge in [-0.05, 0) is 31.4 Å². The van der Waals surface area contributed by atoms with Gasteiger partial charge in [-0.1, -0.05) is 30.3 Å². The highest BCUT2D eigenvalue weighted by Gasteiger charge is 2.44. The van der Waals surface area contributed by atoms with Crippen LogP contribution in [0.2, 0.25) is 0 Å². The molecule has 0 atom stereocenters. The van der Waals surface area contributed by atoms with E-state index in [0.29, 0.717) is 18.1 Å². The van der Waals surface area contributed by atoms with Gasteiger partial charge in [0.2, 0.25) is 0 Å². The van der Waals surface area contributed by atoms with Crippen LogP contribution in [0.4, 0.5) is 0 Å². The van der Waals surface area contributed by atoms with Crippen molar-refractivity contribution in [1.29, 1.82) is 0 Å². The molecule has 102 valence electrons. The molecule has 0 radical (unpaired) electrons. The summed E-state index contributed by atoms with van der Waals surface area (Å²) in [6.07, 6.45) is 3.86. The lowest BCUT2D eigenvalue weighted by molar-refractivity contribution is 0.0944. The zero-order valence-corrected chi connectivity index (χ0v) is 11.5. The number of carbonyl (C=O) groups is 1. The van der Waals surface area contributed by atoms with Crippen molar-refractivity contribution in [3.63, 3.8) is 0 Å². The first-order valence-corrected chi connectivity index (χ1v) is 6.83. The molecule has 4 nitrogen and oxygen atoms in total. The van der Waals surface area contributed by atoms with Crippen molar-refractivity contribution in [2.45, 2.75) is 25.2 Å². The quantitative estimate of drug-likeness (QED) is 0.924. The summed E-state index contributed by atoms with van der Waals surface area (Å²) in [5, 5.41) is 3.00. The number of amides is 1. The summed E-state index contributed by atoms with van der Waals surface area (Å²) in [6.45, 7) is 2.45. The summed E-state index contributed by atoms with van der Waals surface area (Å²) in [7, 11) is 0. The Morgan fingerprint density at radius 1 is 1.25 bits per heavy atom. The molecular weight excluding hydrogens is 250 g/mol. The van der Waals surface area contributed by atoms with Gasteiger partial charge in [0.05, 0.1) is 0 Å². The number of carbonyl (C=O) groups excluding carboxylic acids is 1. The van der Waals surface area contributed by atoms with Crippen LogP contribution in [0, 0.1) is 6.92 Å². The van der Waals surface area contributed by atoms with Gasteiger partial charge in [-0.3, -0.25) is 4.79 Å². The second-order valence-electron chi connectivity index (χ2n) is 5.32. The molecule has 0 bridgehead atoms. The molecule has 1 aliphatic rings. The van der Waals surface area contributed by atoms with Crippen LogP contribution in [0.5, 0.6) is 0 Å². The standard InChI is InChI=1S/C16H17N3O/c1-12-17-10-7-14(19-12)15(20)18-11-16(8-9-16)13-5-3-2-4-6-13/h2-7,10H,8-9,11H2,1H3,(H,18,20). The smallest absolute Gasteiger partial charge is 0.270 e. The second kappa shape index (κ2) is 5.04. The molecule has 1 heterocycles. The molecule has 0 unspecified atom stereocenters. The summed E-state index contributed by atoms with van der Waals surface area (Å²) < 4.78 is 0. The maximum Gasteiger partial charge on any atom is 0.270 e. The Hall–Kier alpha value is -2.23. The number of rotatable bonds is 4. The summed E-state index contributed by atoms with van der Waals surface area (Å²) in [5.41, 5.74) is 1.86. The van der Waals surface area contributed by atoms with Crippen LogP contribution >= 0.6 is 0 Å². The zero-order valence-electron chi connectivity index (χ0n) is 11.5. The van der Waals surface area contributed by atoms with Gasteiger partial charge in [0, 0.05) is 18.2 Å². The Morgan fingerprint density at radius 2 is 2.00 bits per heavy atom. The molecule has 1 fully saturated rings. The third kappa shape index (κ3) is 2.54. The molecule has 0 saturated heterocycles. The lowest BCUT2D eigenvalue weighted by atomic mass is 9.96. The molecule has 1 aliphatic carbocycles. The van der Waals surface area contributed by atoms with Crippen LogP contribution in [-0.2, 0) is 5.41 Å². The number of hydrogen-bond acceptors (Lipinski definition) is 3. The van der Waals surface area contributed by atoms with E-state index in [1.807, 2.05) is 18.2 Å². The fraction of sp³-hybridized carbons (Fsp3) is 0.312. The average molecular weight is 267 g/mol. The van der Waals surface area contributed by atoms with E-state index in [-0.39, 0.29) is 11.3 Å². The monoisotopic (exact) mass is 267 g/mol. The molecular formula is C16H17N3O. The molecule has 2 aromatic rings. The van der Waals surface area contributed by atoms with Crippen molar-refractivity contribution >= 4 is 5.91 Å². The van der Waals surface area contributed by atoms with Crippen LogP contribution in [0.15, 0.2) is 42.6 Å². The first-order chi connectivity index (χ1) is 9.70. The van der Waals surface area contributed by atoms with Gasteiger partial charge in [0.25, 0.3) is 5.91 Å². The van der Waals surface area contributed by atoms with E-state index in [1.54, 1.807) is 19.2 Å². The summed E-state index contributed by atoms with van der Waals surface area (Å²) in [6, 6.07) is 12.0. The van der Waals surface area contributed by atoms with Crippen molar-refractivity contribution < 1.29 is 4.79 Å². The normalized spacial score (nSPS) is 15.7. The third-order valence-corrected chi connectivity index (χ3v) is 3.84. The van der Waals surface area contributed by atoms with Crippen LogP contribution in [-0.4, -0.2) is 22.4 Å². The molecule has 4 heteroatoms. The van der Waals surface area contributed by atoms with Crippen LogP contribution in [0.25, 0.3) is 0 Å². The lowest BCUT2D eigenvalue weighted by Gasteiger charge is -2.16. The van der Waals surface area contributed by atoms with Crippen LogP contribution in [0.3, 0.4) is 0 Å². The first-order valence-electron chi connectivity index (χ1n) is 6.83. The highest BCUT2D eigenvalue weighted by atomic mass is 16.1. The predicted molar refractivity (Wildman–Crippen MR) is 76.5 cm³/mol. The third-order valence-electron chi connectivity index (χ3n) is 3.84. The fourth-order valence-corrected chi connectivity index (χ4v) is 2.43. The van der Waals surface area contributed by atoms with E-state index in [9.17, 15) is 4.79 Å². The minimum absolute atomic E-state index is 0.124. The zero-order chi connectivity index (χ0) is 14.0. The van der Waals surface area contributed by atoms with E-state index >= 15 is 0 Å². The van der Waals surface area contributed by atoms with Crippen molar-refractivity contribution in [2.24, 2.45) is 0 Å². The average Bonchev–Trinajstić information content (AvgIpc) is 3.27. The van der Waals surface area contributed by atoms with Crippen LogP contribution < -0.4 is 5.32 Å². The minimum Gasteiger partial charge on any atom is -0.350 e. The Balaban J connectivity index is 1.67. The maximum absolute atomic E-state index is 12.1. The van der Waals surface area contributed by atoms with E-state index in [4.69, 9.17) is 0 Å². The lowest BCUT2D eigenvalue weighted by Crippen LogP contribution is -2.32. The second-order valence-corrected chi connectivity index (χ2v) is 5.32.